The molecular formula is C16H15N4NaO3S2. The first-order valence-electron chi connectivity index (χ1n) is 7.37. The average Bonchev–Trinajstić information content (AvgIpc) is 2.93. The predicted molar refractivity (Wildman–Crippen MR) is 97.9 cm³/mol. The summed E-state index contributed by atoms with van der Waals surface area (Å²) >= 11 is 1.47. The van der Waals surface area contributed by atoms with E-state index in [-0.39, 0.29) is 29.6 Å². The van der Waals surface area contributed by atoms with Crippen molar-refractivity contribution in [3.05, 3.63) is 47.5 Å². The minimum atomic E-state index is -4.31. The van der Waals surface area contributed by atoms with Crippen molar-refractivity contribution in [1.29, 1.82) is 0 Å². The second kappa shape index (κ2) is 8.55. The third kappa shape index (κ3) is 5.57. The molecule has 1 aromatic heterocycles. The van der Waals surface area contributed by atoms with Crippen LogP contribution in [0.25, 0.3) is 10.2 Å². The summed E-state index contributed by atoms with van der Waals surface area (Å²) in [6, 6.07) is 10.7. The average molecular weight is 398 g/mol. The van der Waals surface area contributed by atoms with Crippen molar-refractivity contribution in [3.8, 4) is 0 Å². The standard InChI is InChI=1S/C16H16N4O3S2.Na/c1-10-7-14-15(8-11(10)2)24-16(18-14)20-19-13-5-3-12(4-6-13)17-9-25(21,22)23;/h3-8,17H,9H2,1-2H3,(H,21,22,23);/q;+1/p-1. The van der Waals surface area contributed by atoms with E-state index in [9.17, 15) is 13.0 Å². The van der Waals surface area contributed by atoms with E-state index in [2.05, 4.69) is 33.5 Å². The van der Waals surface area contributed by atoms with Crippen molar-refractivity contribution < 1.29 is 42.5 Å². The molecule has 1 N–H and O–H groups in total. The SMILES string of the molecule is Cc1cc2nc(N=Nc3ccc(NCS(=O)(=O)[O-])cc3)sc2cc1C.[Na+]. The smallest absolute Gasteiger partial charge is 0.747 e. The van der Waals surface area contributed by atoms with Gasteiger partial charge in [0.2, 0.25) is 5.13 Å². The molecule has 0 aliphatic heterocycles. The molecule has 0 unspecified atom stereocenters. The van der Waals surface area contributed by atoms with Gasteiger partial charge in [-0.25, -0.2) is 13.4 Å². The molecule has 2 aromatic carbocycles. The molecule has 0 saturated carbocycles. The Morgan fingerprint density at radius 2 is 1.77 bits per heavy atom. The van der Waals surface area contributed by atoms with Crippen molar-refractivity contribution in [2.24, 2.45) is 10.2 Å². The third-order valence-corrected chi connectivity index (χ3v) is 4.96. The monoisotopic (exact) mass is 398 g/mol. The van der Waals surface area contributed by atoms with E-state index in [1.165, 1.54) is 22.5 Å². The van der Waals surface area contributed by atoms with E-state index in [1.54, 1.807) is 24.3 Å². The Morgan fingerprint density at radius 3 is 2.42 bits per heavy atom. The van der Waals surface area contributed by atoms with E-state index in [0.29, 0.717) is 16.5 Å². The summed E-state index contributed by atoms with van der Waals surface area (Å²) < 4.78 is 32.8. The normalized spacial score (nSPS) is 11.7. The van der Waals surface area contributed by atoms with Crippen molar-refractivity contribution in [2.75, 3.05) is 11.2 Å². The molecule has 26 heavy (non-hydrogen) atoms. The van der Waals surface area contributed by atoms with Crippen LogP contribution in [0.15, 0.2) is 46.6 Å². The number of azo groups is 1. The number of thiazole rings is 1. The Morgan fingerprint density at radius 1 is 1.12 bits per heavy atom. The van der Waals surface area contributed by atoms with Gasteiger partial charge < -0.3 is 9.87 Å². The molecule has 0 atom stereocenters. The molecule has 0 aliphatic rings. The molecule has 0 saturated heterocycles. The zero-order valence-corrected chi connectivity index (χ0v) is 18.2. The number of rotatable bonds is 5. The summed E-state index contributed by atoms with van der Waals surface area (Å²) in [6.07, 6.45) is 0. The molecule has 0 radical (unpaired) electrons. The van der Waals surface area contributed by atoms with Gasteiger partial charge in [-0.2, -0.15) is 0 Å². The van der Waals surface area contributed by atoms with Crippen LogP contribution >= 0.6 is 11.3 Å². The molecule has 1 heterocycles. The number of aryl methyl sites for hydroxylation is 2. The fourth-order valence-electron chi connectivity index (χ4n) is 2.13. The first-order valence-corrected chi connectivity index (χ1v) is 9.76. The van der Waals surface area contributed by atoms with E-state index >= 15 is 0 Å². The minimum absolute atomic E-state index is 0. The van der Waals surface area contributed by atoms with Crippen LogP contribution in [0.3, 0.4) is 0 Å². The fraction of sp³-hybridized carbons (Fsp3) is 0.188. The molecule has 0 amide bonds. The van der Waals surface area contributed by atoms with Gasteiger partial charge in [-0.1, -0.05) is 11.3 Å². The van der Waals surface area contributed by atoms with Crippen LogP contribution in [-0.4, -0.2) is 23.8 Å². The van der Waals surface area contributed by atoms with Gasteiger partial charge in [-0.05, 0) is 61.4 Å². The Balaban J connectivity index is 0.00000243. The third-order valence-electron chi connectivity index (χ3n) is 3.56. The van der Waals surface area contributed by atoms with Crippen LogP contribution in [0, 0.1) is 13.8 Å². The molecule has 0 aliphatic carbocycles. The Labute approximate surface area is 177 Å². The predicted octanol–water partition coefficient (Wildman–Crippen LogP) is 1.25. The van der Waals surface area contributed by atoms with Gasteiger partial charge in [0.15, 0.2) is 0 Å². The van der Waals surface area contributed by atoms with E-state index in [0.717, 1.165) is 10.2 Å². The van der Waals surface area contributed by atoms with E-state index < -0.39 is 16.0 Å². The first kappa shape index (κ1) is 20.9. The van der Waals surface area contributed by atoms with Crippen LogP contribution in [0.2, 0.25) is 0 Å². The molecule has 10 heteroatoms. The zero-order chi connectivity index (χ0) is 18.0. The van der Waals surface area contributed by atoms with Crippen molar-refractivity contribution >= 4 is 48.2 Å². The van der Waals surface area contributed by atoms with Gasteiger partial charge in [0, 0.05) is 5.69 Å². The number of nitrogens with zero attached hydrogens (tertiary/aromatic N) is 3. The number of benzene rings is 2. The maximum absolute atomic E-state index is 10.6. The summed E-state index contributed by atoms with van der Waals surface area (Å²) in [5.74, 6) is -0.654. The molecule has 130 valence electrons. The molecule has 3 aromatic rings. The minimum Gasteiger partial charge on any atom is -0.747 e. The van der Waals surface area contributed by atoms with Crippen LogP contribution in [0.4, 0.5) is 16.5 Å². The quantitative estimate of drug-likeness (QED) is 0.395. The Hall–Kier alpha value is -1.36. The number of hydrogen-bond acceptors (Lipinski definition) is 8. The van der Waals surface area contributed by atoms with Crippen molar-refractivity contribution in [3.63, 3.8) is 0 Å². The number of aromatic nitrogens is 1. The molecule has 3 rings (SSSR count). The van der Waals surface area contributed by atoms with Crippen LogP contribution < -0.4 is 34.9 Å². The van der Waals surface area contributed by atoms with Gasteiger partial charge in [-0.3, -0.25) is 0 Å². The van der Waals surface area contributed by atoms with Crippen LogP contribution in [0.5, 0.6) is 0 Å². The van der Waals surface area contributed by atoms with Gasteiger partial charge in [0.25, 0.3) is 0 Å². The van der Waals surface area contributed by atoms with E-state index in [1.807, 2.05) is 13.0 Å². The largest absolute Gasteiger partial charge is 1.00 e. The number of anilines is 1. The van der Waals surface area contributed by atoms with Gasteiger partial charge >= 0.3 is 29.6 Å². The zero-order valence-electron chi connectivity index (χ0n) is 14.6. The van der Waals surface area contributed by atoms with Crippen LogP contribution in [0.1, 0.15) is 11.1 Å². The molecule has 0 bridgehead atoms. The second-order valence-corrected chi connectivity index (χ2v) is 7.94. The molecule has 0 spiro atoms. The first-order chi connectivity index (χ1) is 11.8. The molecule has 0 fully saturated rings. The van der Waals surface area contributed by atoms with Gasteiger partial charge in [0.05, 0.1) is 15.9 Å². The summed E-state index contributed by atoms with van der Waals surface area (Å²) in [7, 11) is -4.31. The number of fused-ring (bicyclic) bond motifs is 1. The van der Waals surface area contributed by atoms with Crippen LogP contribution in [-0.2, 0) is 10.1 Å². The van der Waals surface area contributed by atoms with E-state index in [4.69, 9.17) is 0 Å². The van der Waals surface area contributed by atoms with Crippen molar-refractivity contribution in [2.45, 2.75) is 13.8 Å². The number of nitrogens with one attached hydrogen (secondary N) is 1. The van der Waals surface area contributed by atoms with Gasteiger partial charge in [-0.15, -0.1) is 10.2 Å². The maximum atomic E-state index is 10.6. The Bertz CT molecular complexity index is 1010. The van der Waals surface area contributed by atoms with Crippen molar-refractivity contribution in [1.82, 2.24) is 4.98 Å². The topological polar surface area (TPSA) is 107 Å². The summed E-state index contributed by atoms with van der Waals surface area (Å²) in [4.78, 5) is 4.45. The molecular weight excluding hydrogens is 383 g/mol. The van der Waals surface area contributed by atoms with Gasteiger partial charge in [0.1, 0.15) is 16.0 Å². The summed E-state index contributed by atoms with van der Waals surface area (Å²) in [5, 5.41) is 11.4. The fourth-order valence-corrected chi connectivity index (χ4v) is 3.34. The summed E-state index contributed by atoms with van der Waals surface area (Å²) in [6.45, 7) is 4.10. The summed E-state index contributed by atoms with van der Waals surface area (Å²) in [5.41, 5.74) is 4.42. The Kier molecular flexibility index (Phi) is 6.89. The molecule has 7 nitrogen and oxygen atoms in total. The number of hydrogen-bond donors (Lipinski definition) is 1. The maximum Gasteiger partial charge on any atom is 1.00 e. The second-order valence-electron chi connectivity index (χ2n) is 5.53.